The predicted molar refractivity (Wildman–Crippen MR) is 72.8 cm³/mol. The standard InChI is InChI=1S/C14H17ClN2O/c1-3-17-7-6-16-14(17)9-13(18)11-4-5-12(15)10(2)8-11/h4-8,13,18H,3,9H2,1-2H3. The predicted octanol–water partition coefficient (Wildman–Crippen LogP) is 3.14. The first-order valence-electron chi connectivity index (χ1n) is 6.06. The van der Waals surface area contributed by atoms with Gasteiger partial charge in [0.1, 0.15) is 5.82 Å². The fraction of sp³-hybridized carbons (Fsp3) is 0.357. The van der Waals surface area contributed by atoms with Crippen molar-refractivity contribution >= 4 is 11.6 Å². The number of hydrogen-bond acceptors (Lipinski definition) is 2. The Morgan fingerprint density at radius 2 is 2.22 bits per heavy atom. The fourth-order valence-corrected chi connectivity index (χ4v) is 2.10. The molecule has 0 aliphatic carbocycles. The normalized spacial score (nSPS) is 12.7. The molecule has 0 saturated carbocycles. The number of nitrogens with zero attached hydrogens (tertiary/aromatic N) is 2. The van der Waals surface area contributed by atoms with Gasteiger partial charge in [0.05, 0.1) is 6.10 Å². The van der Waals surface area contributed by atoms with Crippen LogP contribution in [0.3, 0.4) is 0 Å². The summed E-state index contributed by atoms with van der Waals surface area (Å²) < 4.78 is 2.03. The second kappa shape index (κ2) is 5.55. The van der Waals surface area contributed by atoms with Gasteiger partial charge in [-0.25, -0.2) is 4.98 Å². The van der Waals surface area contributed by atoms with Crippen LogP contribution in [0.1, 0.15) is 30.0 Å². The first-order chi connectivity index (χ1) is 8.61. The van der Waals surface area contributed by atoms with Crippen LogP contribution in [-0.2, 0) is 13.0 Å². The Morgan fingerprint density at radius 3 is 2.89 bits per heavy atom. The monoisotopic (exact) mass is 264 g/mol. The summed E-state index contributed by atoms with van der Waals surface area (Å²) in [6.45, 7) is 4.86. The van der Waals surface area contributed by atoms with E-state index in [-0.39, 0.29) is 0 Å². The fourth-order valence-electron chi connectivity index (χ4n) is 1.98. The molecule has 1 heterocycles. The van der Waals surface area contributed by atoms with Crippen LogP contribution >= 0.6 is 11.6 Å². The summed E-state index contributed by atoms with van der Waals surface area (Å²) in [5, 5.41) is 11.0. The van der Waals surface area contributed by atoms with Gasteiger partial charge in [-0.2, -0.15) is 0 Å². The highest BCUT2D eigenvalue weighted by molar-refractivity contribution is 6.31. The highest BCUT2D eigenvalue weighted by atomic mass is 35.5. The minimum Gasteiger partial charge on any atom is -0.388 e. The lowest BCUT2D eigenvalue weighted by Crippen LogP contribution is -2.08. The van der Waals surface area contributed by atoms with E-state index in [9.17, 15) is 5.11 Å². The molecule has 0 bridgehead atoms. The van der Waals surface area contributed by atoms with Gasteiger partial charge < -0.3 is 9.67 Å². The number of aliphatic hydroxyl groups is 1. The molecule has 0 amide bonds. The summed E-state index contributed by atoms with van der Waals surface area (Å²) in [4.78, 5) is 4.27. The lowest BCUT2D eigenvalue weighted by Gasteiger charge is -2.13. The van der Waals surface area contributed by atoms with Gasteiger partial charge in [0.2, 0.25) is 0 Å². The molecule has 18 heavy (non-hydrogen) atoms. The maximum atomic E-state index is 10.2. The number of rotatable bonds is 4. The van der Waals surface area contributed by atoms with Gasteiger partial charge in [-0.15, -0.1) is 0 Å². The average Bonchev–Trinajstić information content (AvgIpc) is 2.79. The molecular formula is C14H17ClN2O. The van der Waals surface area contributed by atoms with Crippen molar-refractivity contribution in [2.75, 3.05) is 0 Å². The number of hydrogen-bond donors (Lipinski definition) is 1. The molecular weight excluding hydrogens is 248 g/mol. The van der Waals surface area contributed by atoms with Crippen molar-refractivity contribution in [2.24, 2.45) is 0 Å². The van der Waals surface area contributed by atoms with E-state index in [0.717, 1.165) is 28.5 Å². The minimum atomic E-state index is -0.548. The van der Waals surface area contributed by atoms with Crippen molar-refractivity contribution < 1.29 is 5.11 Å². The molecule has 1 atom stereocenters. The van der Waals surface area contributed by atoms with E-state index >= 15 is 0 Å². The highest BCUT2D eigenvalue weighted by Crippen LogP contribution is 2.23. The largest absolute Gasteiger partial charge is 0.388 e. The molecule has 0 spiro atoms. The molecule has 0 aliphatic rings. The van der Waals surface area contributed by atoms with Gasteiger partial charge in [0.25, 0.3) is 0 Å². The summed E-state index contributed by atoms with van der Waals surface area (Å²) in [6, 6.07) is 5.60. The van der Waals surface area contributed by atoms with Crippen molar-refractivity contribution in [3.05, 3.63) is 52.6 Å². The second-order valence-electron chi connectivity index (χ2n) is 4.36. The van der Waals surface area contributed by atoms with E-state index in [1.165, 1.54) is 0 Å². The zero-order valence-corrected chi connectivity index (χ0v) is 11.4. The number of aliphatic hydroxyl groups excluding tert-OH is 1. The van der Waals surface area contributed by atoms with Crippen LogP contribution < -0.4 is 0 Å². The smallest absolute Gasteiger partial charge is 0.111 e. The summed E-state index contributed by atoms with van der Waals surface area (Å²) in [5.41, 5.74) is 1.86. The maximum absolute atomic E-state index is 10.2. The Labute approximate surface area is 112 Å². The Bertz CT molecular complexity index is 536. The van der Waals surface area contributed by atoms with E-state index in [1.54, 1.807) is 6.20 Å². The molecule has 2 rings (SSSR count). The second-order valence-corrected chi connectivity index (χ2v) is 4.77. The van der Waals surface area contributed by atoms with Crippen LogP contribution in [0, 0.1) is 6.92 Å². The maximum Gasteiger partial charge on any atom is 0.111 e. The summed E-state index contributed by atoms with van der Waals surface area (Å²) in [7, 11) is 0. The first-order valence-corrected chi connectivity index (χ1v) is 6.43. The number of aromatic nitrogens is 2. The number of imidazole rings is 1. The molecule has 3 nitrogen and oxygen atoms in total. The van der Waals surface area contributed by atoms with Gasteiger partial charge in [0, 0.05) is 30.4 Å². The third kappa shape index (κ3) is 2.74. The quantitative estimate of drug-likeness (QED) is 0.921. The van der Waals surface area contributed by atoms with Crippen LogP contribution in [0.2, 0.25) is 5.02 Å². The van der Waals surface area contributed by atoms with E-state index in [1.807, 2.05) is 35.9 Å². The van der Waals surface area contributed by atoms with E-state index in [4.69, 9.17) is 11.6 Å². The average molecular weight is 265 g/mol. The van der Waals surface area contributed by atoms with Crippen molar-refractivity contribution in [2.45, 2.75) is 32.9 Å². The number of halogens is 1. The van der Waals surface area contributed by atoms with Crippen molar-refractivity contribution in [3.8, 4) is 0 Å². The molecule has 1 unspecified atom stereocenters. The Morgan fingerprint density at radius 1 is 1.44 bits per heavy atom. The number of benzene rings is 1. The third-order valence-corrected chi connectivity index (χ3v) is 3.51. The molecule has 1 aromatic heterocycles. The molecule has 2 aromatic rings. The van der Waals surface area contributed by atoms with E-state index in [0.29, 0.717) is 6.42 Å². The number of aryl methyl sites for hydroxylation is 2. The molecule has 0 aliphatic heterocycles. The van der Waals surface area contributed by atoms with Crippen LogP contribution in [0.25, 0.3) is 0 Å². The van der Waals surface area contributed by atoms with E-state index < -0.39 is 6.10 Å². The van der Waals surface area contributed by atoms with Gasteiger partial charge in [-0.3, -0.25) is 0 Å². The Balaban J connectivity index is 2.16. The summed E-state index contributed by atoms with van der Waals surface area (Å²) in [5.74, 6) is 0.901. The van der Waals surface area contributed by atoms with Gasteiger partial charge in [0.15, 0.2) is 0 Å². The van der Waals surface area contributed by atoms with Crippen LogP contribution in [-0.4, -0.2) is 14.7 Å². The Hall–Kier alpha value is -1.32. The minimum absolute atomic E-state index is 0.516. The van der Waals surface area contributed by atoms with Crippen LogP contribution in [0.5, 0.6) is 0 Å². The lowest BCUT2D eigenvalue weighted by atomic mass is 10.0. The first kappa shape index (κ1) is 13.1. The lowest BCUT2D eigenvalue weighted by molar-refractivity contribution is 0.174. The third-order valence-electron chi connectivity index (χ3n) is 3.09. The van der Waals surface area contributed by atoms with Gasteiger partial charge >= 0.3 is 0 Å². The topological polar surface area (TPSA) is 38.0 Å². The van der Waals surface area contributed by atoms with Crippen LogP contribution in [0.4, 0.5) is 0 Å². The SMILES string of the molecule is CCn1ccnc1CC(O)c1ccc(Cl)c(C)c1. The highest BCUT2D eigenvalue weighted by Gasteiger charge is 2.12. The Kier molecular flexibility index (Phi) is 4.04. The van der Waals surface area contributed by atoms with Gasteiger partial charge in [-0.05, 0) is 31.0 Å². The molecule has 96 valence electrons. The summed E-state index contributed by atoms with van der Waals surface area (Å²) >= 11 is 5.98. The zero-order chi connectivity index (χ0) is 13.1. The van der Waals surface area contributed by atoms with E-state index in [2.05, 4.69) is 11.9 Å². The molecule has 0 radical (unpaired) electrons. The molecule has 0 saturated heterocycles. The zero-order valence-electron chi connectivity index (χ0n) is 10.6. The van der Waals surface area contributed by atoms with Gasteiger partial charge in [-0.1, -0.05) is 23.7 Å². The molecule has 1 N–H and O–H groups in total. The van der Waals surface area contributed by atoms with Crippen molar-refractivity contribution in [1.29, 1.82) is 0 Å². The molecule has 0 fully saturated rings. The summed E-state index contributed by atoms with van der Waals surface area (Å²) in [6.07, 6.45) is 3.66. The van der Waals surface area contributed by atoms with Crippen molar-refractivity contribution in [3.63, 3.8) is 0 Å². The molecule has 4 heteroatoms. The van der Waals surface area contributed by atoms with Crippen molar-refractivity contribution in [1.82, 2.24) is 9.55 Å². The van der Waals surface area contributed by atoms with Crippen LogP contribution in [0.15, 0.2) is 30.6 Å². The molecule has 1 aromatic carbocycles.